The third-order valence-corrected chi connectivity index (χ3v) is 12.0. The van der Waals surface area contributed by atoms with Gasteiger partial charge in [0.1, 0.15) is 11.5 Å². The van der Waals surface area contributed by atoms with E-state index in [1.807, 2.05) is 6.08 Å². The predicted octanol–water partition coefficient (Wildman–Crippen LogP) is 7.96. The van der Waals surface area contributed by atoms with E-state index in [0.717, 1.165) is 4.90 Å². The second-order valence-corrected chi connectivity index (χ2v) is 15.1. The Bertz CT molecular complexity index is 2320. The minimum absolute atomic E-state index is 0.0960. The van der Waals surface area contributed by atoms with Gasteiger partial charge in [0, 0.05) is 27.7 Å². The van der Waals surface area contributed by atoms with Crippen molar-refractivity contribution in [3.05, 3.63) is 122 Å². The van der Waals surface area contributed by atoms with Crippen molar-refractivity contribution in [1.29, 1.82) is 0 Å². The summed E-state index contributed by atoms with van der Waals surface area (Å²) < 4.78 is 46.0. The van der Waals surface area contributed by atoms with E-state index in [9.17, 15) is 32.7 Å². The molecule has 0 spiro atoms. The van der Waals surface area contributed by atoms with Crippen molar-refractivity contribution in [3.63, 3.8) is 0 Å². The van der Waals surface area contributed by atoms with Crippen molar-refractivity contribution < 1.29 is 42.2 Å². The standard InChI is InChI=1S/C39H28Cl3F3N4O6/c1-55-23-10-13-30(50)27(15-23)32-24-11-12-25-31(36(53)48(34(25)51)22-8-6-21(41)7-9-22)26(24)16-28-35(52)49(37(54)38(28,32)18-2-4-20(40)5-3-18)47-33-29(42)14-19(17-46-33)39(43,44)45/h2-11,13-15,17,25-26,28,31-32,50H,12,16H2,1H3,(H,46,47). The van der Waals surface area contributed by atoms with Crippen LogP contribution in [-0.2, 0) is 30.8 Å². The van der Waals surface area contributed by atoms with Crippen LogP contribution in [0.2, 0.25) is 15.1 Å². The van der Waals surface area contributed by atoms with Gasteiger partial charge in [-0.25, -0.2) is 4.98 Å². The summed E-state index contributed by atoms with van der Waals surface area (Å²) in [7, 11) is 1.42. The number of nitrogens with zero attached hydrogens (tertiary/aromatic N) is 3. The van der Waals surface area contributed by atoms with Gasteiger partial charge in [0.25, 0.3) is 11.8 Å². The molecule has 0 radical (unpaired) electrons. The Kier molecular flexibility index (Phi) is 8.90. The number of halogens is 6. The second kappa shape index (κ2) is 13.3. The molecule has 6 unspecified atom stereocenters. The summed E-state index contributed by atoms with van der Waals surface area (Å²) in [6, 6.07) is 17.6. The van der Waals surface area contributed by atoms with Crippen LogP contribution in [0, 0.1) is 23.7 Å². The van der Waals surface area contributed by atoms with E-state index in [4.69, 9.17) is 39.5 Å². The number of aromatic nitrogens is 1. The van der Waals surface area contributed by atoms with Crippen LogP contribution in [0.25, 0.3) is 0 Å². The van der Waals surface area contributed by atoms with Gasteiger partial charge in [0.15, 0.2) is 5.82 Å². The van der Waals surface area contributed by atoms with Crippen LogP contribution in [0.15, 0.2) is 90.6 Å². The number of hydrogen-bond donors (Lipinski definition) is 2. The van der Waals surface area contributed by atoms with Gasteiger partial charge < -0.3 is 9.84 Å². The topological polar surface area (TPSA) is 129 Å². The van der Waals surface area contributed by atoms with E-state index in [2.05, 4.69) is 10.4 Å². The number of carbonyl (C=O) groups is 4. The lowest BCUT2D eigenvalue weighted by Crippen LogP contribution is -2.53. The lowest BCUT2D eigenvalue weighted by Gasteiger charge is -2.50. The summed E-state index contributed by atoms with van der Waals surface area (Å²) in [5.41, 5.74) is 1.01. The molecular weight excluding hydrogens is 784 g/mol. The van der Waals surface area contributed by atoms with Crippen molar-refractivity contribution in [2.24, 2.45) is 23.7 Å². The Balaban J connectivity index is 1.32. The molecule has 6 atom stereocenters. The van der Waals surface area contributed by atoms with Crippen LogP contribution in [0.1, 0.15) is 35.4 Å². The fourth-order valence-corrected chi connectivity index (χ4v) is 9.32. The maximum atomic E-state index is 15.3. The maximum absolute atomic E-state index is 15.3. The first kappa shape index (κ1) is 36.8. The van der Waals surface area contributed by atoms with Gasteiger partial charge in [-0.2, -0.15) is 18.2 Å². The number of phenolic OH excluding ortho intramolecular Hbond substituents is 1. The first-order chi connectivity index (χ1) is 26.2. The van der Waals surface area contributed by atoms with E-state index < -0.39 is 81.2 Å². The van der Waals surface area contributed by atoms with Crippen LogP contribution < -0.4 is 15.1 Å². The quantitative estimate of drug-likeness (QED) is 0.148. The van der Waals surface area contributed by atoms with Gasteiger partial charge in [-0.05, 0) is 85.0 Å². The van der Waals surface area contributed by atoms with Crippen molar-refractivity contribution in [2.45, 2.75) is 30.4 Å². The van der Waals surface area contributed by atoms with Gasteiger partial charge in [0.05, 0.1) is 46.6 Å². The minimum atomic E-state index is -4.77. The Morgan fingerprint density at radius 3 is 2.20 bits per heavy atom. The summed E-state index contributed by atoms with van der Waals surface area (Å²) in [6.07, 6.45) is -2.42. The van der Waals surface area contributed by atoms with Crippen molar-refractivity contribution in [3.8, 4) is 11.5 Å². The van der Waals surface area contributed by atoms with E-state index in [-0.39, 0.29) is 24.2 Å². The molecule has 2 saturated heterocycles. The number of amides is 4. The normalized spacial score (nSPS) is 26.1. The molecule has 16 heteroatoms. The number of allylic oxidation sites excluding steroid dienone is 2. The fraction of sp³-hybridized carbons (Fsp3) is 0.256. The first-order valence-electron chi connectivity index (χ1n) is 17.0. The van der Waals surface area contributed by atoms with Crippen LogP contribution >= 0.6 is 34.8 Å². The molecule has 4 aliphatic rings. The number of aromatic hydroxyl groups is 1. The van der Waals surface area contributed by atoms with Crippen LogP contribution in [0.3, 0.4) is 0 Å². The predicted molar refractivity (Wildman–Crippen MR) is 195 cm³/mol. The molecule has 1 saturated carbocycles. The van der Waals surface area contributed by atoms with E-state index >= 15 is 4.79 Å². The van der Waals surface area contributed by atoms with E-state index in [1.54, 1.807) is 54.6 Å². The van der Waals surface area contributed by atoms with Crippen LogP contribution in [0.5, 0.6) is 11.5 Å². The molecule has 2 aliphatic carbocycles. The summed E-state index contributed by atoms with van der Waals surface area (Å²) >= 11 is 18.7. The molecule has 1 aromatic heterocycles. The molecule has 0 bridgehead atoms. The highest BCUT2D eigenvalue weighted by molar-refractivity contribution is 6.33. The average molecular weight is 812 g/mol. The summed E-state index contributed by atoms with van der Waals surface area (Å²) in [5.74, 6) is -7.77. The number of pyridine rings is 1. The zero-order valence-corrected chi connectivity index (χ0v) is 30.7. The zero-order chi connectivity index (χ0) is 39.1. The monoisotopic (exact) mass is 810 g/mol. The molecule has 2 aliphatic heterocycles. The molecular formula is C39H28Cl3F3N4O6. The molecule has 8 rings (SSSR count). The Morgan fingerprint density at radius 2 is 1.56 bits per heavy atom. The van der Waals surface area contributed by atoms with Gasteiger partial charge in [-0.3, -0.25) is 29.5 Å². The summed E-state index contributed by atoms with van der Waals surface area (Å²) in [6.45, 7) is 0. The third-order valence-electron chi connectivity index (χ3n) is 11.2. The SMILES string of the molecule is COc1ccc(O)c(C2C3=CCC4C(=O)N(c5ccc(Cl)cc5)C(=O)C4C3CC3C(=O)N(Nc4ncc(C(F)(F)F)cc4Cl)C(=O)C32c2ccc(Cl)cc2)c1. The number of rotatable bonds is 6. The number of fused-ring (bicyclic) bond motifs is 4. The summed E-state index contributed by atoms with van der Waals surface area (Å²) in [4.78, 5) is 63.5. The number of anilines is 2. The first-order valence-corrected chi connectivity index (χ1v) is 18.1. The molecule has 4 aromatic rings. The number of ether oxygens (including phenoxy) is 1. The number of hydrogen-bond acceptors (Lipinski definition) is 8. The zero-order valence-electron chi connectivity index (χ0n) is 28.5. The van der Waals surface area contributed by atoms with E-state index in [0.29, 0.717) is 49.9 Å². The van der Waals surface area contributed by atoms with Gasteiger partial charge >= 0.3 is 6.18 Å². The molecule has 4 amide bonds. The molecule has 3 heterocycles. The number of nitrogens with one attached hydrogen (secondary N) is 1. The largest absolute Gasteiger partial charge is 0.508 e. The Morgan fingerprint density at radius 1 is 0.891 bits per heavy atom. The smallest absolute Gasteiger partial charge is 0.417 e. The lowest BCUT2D eigenvalue weighted by molar-refractivity contribution is -0.139. The number of alkyl halides is 3. The average Bonchev–Trinajstić information content (AvgIpc) is 3.53. The maximum Gasteiger partial charge on any atom is 0.417 e. The highest BCUT2D eigenvalue weighted by Gasteiger charge is 2.70. The van der Waals surface area contributed by atoms with Crippen molar-refractivity contribution in [2.75, 3.05) is 17.4 Å². The molecule has 55 heavy (non-hydrogen) atoms. The van der Waals surface area contributed by atoms with Crippen LogP contribution in [-0.4, -0.2) is 45.8 Å². The Hall–Kier alpha value is -5.11. The van der Waals surface area contributed by atoms with Gasteiger partial charge in [-0.1, -0.05) is 58.6 Å². The van der Waals surface area contributed by atoms with Gasteiger partial charge in [-0.15, -0.1) is 0 Å². The number of phenols is 1. The van der Waals surface area contributed by atoms with Crippen molar-refractivity contribution >= 4 is 69.9 Å². The number of imide groups is 2. The molecule has 10 nitrogen and oxygen atoms in total. The minimum Gasteiger partial charge on any atom is -0.508 e. The number of carbonyl (C=O) groups excluding carboxylic acids is 4. The second-order valence-electron chi connectivity index (χ2n) is 13.8. The number of benzene rings is 3. The number of hydrazine groups is 1. The molecule has 2 N–H and O–H groups in total. The highest BCUT2D eigenvalue weighted by Crippen LogP contribution is 2.65. The number of methoxy groups -OCH3 is 1. The van der Waals surface area contributed by atoms with Crippen LogP contribution in [0.4, 0.5) is 24.7 Å². The van der Waals surface area contributed by atoms with Crippen molar-refractivity contribution in [1.82, 2.24) is 9.99 Å². The highest BCUT2D eigenvalue weighted by atomic mass is 35.5. The van der Waals surface area contributed by atoms with E-state index in [1.165, 1.54) is 19.2 Å². The Labute approximate surface area is 326 Å². The van der Waals surface area contributed by atoms with Gasteiger partial charge in [0.2, 0.25) is 11.8 Å². The fourth-order valence-electron chi connectivity index (χ4n) is 8.86. The molecule has 282 valence electrons. The summed E-state index contributed by atoms with van der Waals surface area (Å²) in [5, 5.41) is 12.5. The molecule has 3 fully saturated rings. The molecule has 3 aromatic carbocycles. The third kappa shape index (κ3) is 5.65. The lowest BCUT2D eigenvalue weighted by atomic mass is 9.49.